The number of fused-ring (bicyclic) bond motifs is 3. The summed E-state index contributed by atoms with van der Waals surface area (Å²) in [5.74, 6) is 0.0584. The maximum Gasteiger partial charge on any atom is 0.194 e. The van der Waals surface area contributed by atoms with Gasteiger partial charge in [-0.25, -0.2) is 9.37 Å². The Hall–Kier alpha value is -2.73. The number of halogens is 1. The molecule has 0 saturated carbocycles. The molecule has 4 nitrogen and oxygen atoms in total. The zero-order valence-corrected chi connectivity index (χ0v) is 12.0. The van der Waals surface area contributed by atoms with Crippen LogP contribution in [0.25, 0.3) is 32.5 Å². The quantitative estimate of drug-likeness (QED) is 0.580. The van der Waals surface area contributed by atoms with Gasteiger partial charge in [0.1, 0.15) is 17.2 Å². The Morgan fingerprint density at radius 1 is 1.14 bits per heavy atom. The van der Waals surface area contributed by atoms with E-state index < -0.39 is 0 Å². The Labute approximate surface area is 127 Å². The third-order valence-electron chi connectivity index (χ3n) is 3.39. The molecule has 0 bridgehead atoms. The van der Waals surface area contributed by atoms with Gasteiger partial charge in [-0.2, -0.15) is 0 Å². The third-order valence-corrected chi connectivity index (χ3v) is 4.31. The number of hydrogen-bond donors (Lipinski definition) is 1. The van der Waals surface area contributed by atoms with E-state index in [-0.39, 0.29) is 11.2 Å². The van der Waals surface area contributed by atoms with Crippen molar-refractivity contribution in [1.82, 2.24) is 4.98 Å². The van der Waals surface area contributed by atoms with E-state index in [9.17, 15) is 9.18 Å². The van der Waals surface area contributed by atoms with Crippen LogP contribution in [0, 0.1) is 5.82 Å². The molecule has 6 heteroatoms. The van der Waals surface area contributed by atoms with E-state index in [4.69, 9.17) is 10.2 Å². The number of hydrogen-bond acceptors (Lipinski definition) is 5. The number of anilines is 1. The normalized spacial score (nSPS) is 11.3. The Kier molecular flexibility index (Phi) is 2.74. The largest absolute Gasteiger partial charge is 0.456 e. The number of rotatable bonds is 1. The van der Waals surface area contributed by atoms with Gasteiger partial charge >= 0.3 is 0 Å². The topological polar surface area (TPSA) is 69.1 Å². The minimum absolute atomic E-state index is 0.171. The molecule has 0 aliphatic heterocycles. The smallest absolute Gasteiger partial charge is 0.194 e. The zero-order valence-electron chi connectivity index (χ0n) is 11.2. The van der Waals surface area contributed by atoms with Crippen LogP contribution in [-0.2, 0) is 0 Å². The average molecular weight is 312 g/mol. The molecule has 0 aliphatic rings. The number of thiazole rings is 1. The van der Waals surface area contributed by atoms with E-state index in [1.54, 1.807) is 24.3 Å². The number of nitrogen functional groups attached to an aromatic ring is 1. The van der Waals surface area contributed by atoms with Crippen molar-refractivity contribution in [1.29, 1.82) is 0 Å². The van der Waals surface area contributed by atoms with Gasteiger partial charge in [0.05, 0.1) is 15.6 Å². The van der Waals surface area contributed by atoms with Crippen molar-refractivity contribution in [2.75, 3.05) is 5.73 Å². The molecule has 0 atom stereocenters. The Morgan fingerprint density at radius 2 is 1.91 bits per heavy atom. The van der Waals surface area contributed by atoms with Crippen molar-refractivity contribution in [3.8, 4) is 11.3 Å². The molecule has 2 heterocycles. The molecule has 0 unspecified atom stereocenters. The highest BCUT2D eigenvalue weighted by molar-refractivity contribution is 7.22. The summed E-state index contributed by atoms with van der Waals surface area (Å²) in [6.45, 7) is 0. The Morgan fingerprint density at radius 3 is 2.68 bits per heavy atom. The second-order valence-corrected chi connectivity index (χ2v) is 5.85. The molecule has 22 heavy (non-hydrogen) atoms. The first-order valence-corrected chi connectivity index (χ1v) is 7.32. The fraction of sp³-hybridized carbons (Fsp3) is 0. The van der Waals surface area contributed by atoms with Crippen molar-refractivity contribution >= 4 is 37.7 Å². The number of benzene rings is 2. The molecule has 0 aliphatic carbocycles. The predicted octanol–water partition coefficient (Wildman–Crippen LogP) is 3.79. The SMILES string of the molecule is Nc1nc2ccc3oc(-c4ccc(F)cc4)cc(=O)c3c2s1. The zero-order chi connectivity index (χ0) is 15.3. The van der Waals surface area contributed by atoms with Gasteiger partial charge in [-0.3, -0.25) is 4.79 Å². The molecule has 0 saturated heterocycles. The predicted molar refractivity (Wildman–Crippen MR) is 85.5 cm³/mol. The fourth-order valence-corrected chi connectivity index (χ4v) is 3.28. The lowest BCUT2D eigenvalue weighted by Gasteiger charge is -2.03. The van der Waals surface area contributed by atoms with Crippen LogP contribution in [0.3, 0.4) is 0 Å². The van der Waals surface area contributed by atoms with Crippen LogP contribution in [0.15, 0.2) is 51.7 Å². The first-order valence-electron chi connectivity index (χ1n) is 6.50. The molecule has 0 radical (unpaired) electrons. The standard InChI is InChI=1S/C16H9FN2O2S/c17-9-3-1-8(2-4-9)13-7-11(20)14-12(21-13)6-5-10-15(14)22-16(18)19-10/h1-7H,(H2,18,19). The van der Waals surface area contributed by atoms with Crippen molar-refractivity contribution in [3.63, 3.8) is 0 Å². The van der Waals surface area contributed by atoms with E-state index in [1.807, 2.05) is 0 Å². The second-order valence-electron chi connectivity index (χ2n) is 4.82. The summed E-state index contributed by atoms with van der Waals surface area (Å²) in [5.41, 5.74) is 7.32. The summed E-state index contributed by atoms with van der Waals surface area (Å²) < 4.78 is 19.5. The van der Waals surface area contributed by atoms with Gasteiger partial charge < -0.3 is 10.2 Å². The van der Waals surface area contributed by atoms with Crippen LogP contribution >= 0.6 is 11.3 Å². The van der Waals surface area contributed by atoms with E-state index in [0.29, 0.717) is 32.9 Å². The van der Waals surface area contributed by atoms with Crippen molar-refractivity contribution < 1.29 is 8.81 Å². The Bertz CT molecular complexity index is 1070. The van der Waals surface area contributed by atoms with Crippen LogP contribution in [-0.4, -0.2) is 4.98 Å². The number of nitrogens with zero attached hydrogens (tertiary/aromatic N) is 1. The van der Waals surface area contributed by atoms with Gasteiger partial charge in [-0.05, 0) is 36.4 Å². The average Bonchev–Trinajstić information content (AvgIpc) is 2.87. The molecule has 108 valence electrons. The second kappa shape index (κ2) is 4.64. The van der Waals surface area contributed by atoms with Crippen molar-refractivity contribution in [3.05, 3.63) is 58.5 Å². The summed E-state index contributed by atoms with van der Waals surface area (Å²) in [6.07, 6.45) is 0. The van der Waals surface area contributed by atoms with E-state index >= 15 is 0 Å². The van der Waals surface area contributed by atoms with Gasteiger partial charge in [0.25, 0.3) is 0 Å². The van der Waals surface area contributed by atoms with Gasteiger partial charge in [-0.15, -0.1) is 0 Å². The lowest BCUT2D eigenvalue weighted by atomic mass is 10.1. The van der Waals surface area contributed by atoms with Crippen LogP contribution < -0.4 is 11.2 Å². The highest BCUT2D eigenvalue weighted by Crippen LogP contribution is 2.31. The first kappa shape index (κ1) is 13.0. The molecule has 2 N–H and O–H groups in total. The van der Waals surface area contributed by atoms with Crippen molar-refractivity contribution in [2.45, 2.75) is 0 Å². The van der Waals surface area contributed by atoms with E-state index in [2.05, 4.69) is 4.98 Å². The fourth-order valence-electron chi connectivity index (χ4n) is 2.41. The molecular weight excluding hydrogens is 303 g/mol. The minimum atomic E-state index is -0.339. The number of aromatic nitrogens is 1. The Balaban J connectivity index is 2.03. The highest BCUT2D eigenvalue weighted by Gasteiger charge is 2.13. The van der Waals surface area contributed by atoms with Crippen LogP contribution in [0.4, 0.5) is 9.52 Å². The van der Waals surface area contributed by atoms with Crippen LogP contribution in [0.5, 0.6) is 0 Å². The molecule has 2 aromatic heterocycles. The molecular formula is C16H9FN2O2S. The lowest BCUT2D eigenvalue weighted by Crippen LogP contribution is -2.00. The maximum absolute atomic E-state index is 13.0. The maximum atomic E-state index is 13.0. The third kappa shape index (κ3) is 1.96. The van der Waals surface area contributed by atoms with Crippen LogP contribution in [0.2, 0.25) is 0 Å². The summed E-state index contributed by atoms with van der Waals surface area (Å²) >= 11 is 1.26. The van der Waals surface area contributed by atoms with Gasteiger partial charge in [0, 0.05) is 11.6 Å². The number of nitrogens with two attached hydrogens (primary N) is 1. The highest BCUT2D eigenvalue weighted by atomic mass is 32.1. The molecule has 4 rings (SSSR count). The minimum Gasteiger partial charge on any atom is -0.456 e. The lowest BCUT2D eigenvalue weighted by molar-refractivity contribution is 0.616. The summed E-state index contributed by atoms with van der Waals surface area (Å²) in [7, 11) is 0. The monoisotopic (exact) mass is 312 g/mol. The van der Waals surface area contributed by atoms with Gasteiger partial charge in [-0.1, -0.05) is 11.3 Å². The molecule has 0 amide bonds. The van der Waals surface area contributed by atoms with E-state index in [1.165, 1.54) is 29.5 Å². The van der Waals surface area contributed by atoms with Crippen molar-refractivity contribution in [2.24, 2.45) is 0 Å². The summed E-state index contributed by atoms with van der Waals surface area (Å²) in [5, 5.41) is 0.877. The van der Waals surface area contributed by atoms with Gasteiger partial charge in [0.15, 0.2) is 10.6 Å². The molecule has 0 spiro atoms. The molecule has 4 aromatic rings. The van der Waals surface area contributed by atoms with Crippen LogP contribution in [0.1, 0.15) is 0 Å². The van der Waals surface area contributed by atoms with E-state index in [0.717, 1.165) is 4.70 Å². The first-order chi connectivity index (χ1) is 10.6. The molecule has 2 aromatic carbocycles. The molecule has 0 fully saturated rings. The summed E-state index contributed by atoms with van der Waals surface area (Å²) in [4.78, 5) is 16.6. The summed E-state index contributed by atoms with van der Waals surface area (Å²) in [6, 6.07) is 10.7. The van der Waals surface area contributed by atoms with Gasteiger partial charge in [0.2, 0.25) is 0 Å².